The van der Waals surface area contributed by atoms with Crippen LogP contribution in [0.3, 0.4) is 0 Å². The number of hydrogen-bond donors (Lipinski definition) is 0. The Balaban J connectivity index is 2.42. The van der Waals surface area contributed by atoms with Crippen molar-refractivity contribution in [3.05, 3.63) is 34.2 Å². The van der Waals surface area contributed by atoms with Gasteiger partial charge in [0.05, 0.1) is 12.2 Å². The summed E-state index contributed by atoms with van der Waals surface area (Å²) in [6, 6.07) is 7.95. The number of benzene rings is 1. The fourth-order valence-electron chi connectivity index (χ4n) is 1.30. The lowest BCUT2D eigenvalue weighted by Crippen LogP contribution is -1.93. The van der Waals surface area contributed by atoms with Crippen LogP contribution in [0.5, 0.6) is 5.75 Å². The predicted octanol–water partition coefficient (Wildman–Crippen LogP) is 3.97. The number of halogens is 1. The quantitative estimate of drug-likeness (QED) is 0.850. The van der Waals surface area contributed by atoms with Gasteiger partial charge in [-0.1, -0.05) is 12.1 Å². The van der Waals surface area contributed by atoms with E-state index >= 15 is 0 Å². The monoisotopic (exact) mass is 283 g/mol. The first-order chi connectivity index (χ1) is 7.31. The van der Waals surface area contributed by atoms with Crippen LogP contribution in [-0.4, -0.2) is 11.6 Å². The molecule has 0 saturated heterocycles. The Morgan fingerprint density at radius 1 is 1.40 bits per heavy atom. The summed E-state index contributed by atoms with van der Waals surface area (Å²) in [6.45, 7) is 2.65. The lowest BCUT2D eigenvalue weighted by atomic mass is 10.2. The number of nitrogens with zero attached hydrogens (tertiary/aromatic N) is 1. The number of aromatic nitrogens is 1. The van der Waals surface area contributed by atoms with E-state index in [4.69, 9.17) is 4.74 Å². The molecule has 1 heterocycles. The van der Waals surface area contributed by atoms with Crippen LogP contribution >= 0.6 is 27.3 Å². The van der Waals surface area contributed by atoms with Gasteiger partial charge in [0.15, 0.2) is 0 Å². The average molecular weight is 284 g/mol. The highest BCUT2D eigenvalue weighted by Gasteiger charge is 2.08. The van der Waals surface area contributed by atoms with Crippen molar-refractivity contribution in [1.29, 1.82) is 0 Å². The van der Waals surface area contributed by atoms with Gasteiger partial charge in [-0.05, 0) is 35.0 Å². The maximum atomic E-state index is 5.55. The Kier molecular flexibility index (Phi) is 3.38. The Morgan fingerprint density at radius 3 is 2.87 bits per heavy atom. The summed E-state index contributed by atoms with van der Waals surface area (Å²) in [6.07, 6.45) is 0. The molecule has 1 aromatic carbocycles. The third kappa shape index (κ3) is 2.38. The summed E-state index contributed by atoms with van der Waals surface area (Å²) in [5.74, 6) is 0.891. The molecule has 0 amide bonds. The summed E-state index contributed by atoms with van der Waals surface area (Å²) in [4.78, 5) is 4.38. The molecular weight excluding hydrogens is 274 g/mol. The highest BCUT2D eigenvalue weighted by molar-refractivity contribution is 9.10. The summed E-state index contributed by atoms with van der Waals surface area (Å²) in [5.41, 5.74) is 1.05. The maximum Gasteiger partial charge on any atom is 0.129 e. The molecule has 2 aromatic rings. The van der Waals surface area contributed by atoms with Crippen molar-refractivity contribution in [3.8, 4) is 16.3 Å². The molecule has 0 aliphatic carbocycles. The molecular formula is C11H10BrNOS. The van der Waals surface area contributed by atoms with Gasteiger partial charge in [-0.15, -0.1) is 11.3 Å². The second-order valence-electron chi connectivity index (χ2n) is 2.90. The minimum atomic E-state index is 0.670. The first-order valence-corrected chi connectivity index (χ1v) is 6.31. The van der Waals surface area contributed by atoms with Crippen molar-refractivity contribution in [2.24, 2.45) is 0 Å². The van der Waals surface area contributed by atoms with Crippen LogP contribution in [0.4, 0.5) is 0 Å². The largest absolute Gasteiger partial charge is 0.493 e. The van der Waals surface area contributed by atoms with Crippen LogP contribution in [0, 0.1) is 0 Å². The van der Waals surface area contributed by atoms with Gasteiger partial charge >= 0.3 is 0 Å². The highest BCUT2D eigenvalue weighted by atomic mass is 79.9. The molecule has 15 heavy (non-hydrogen) atoms. The van der Waals surface area contributed by atoms with Gasteiger partial charge in [-0.2, -0.15) is 0 Å². The molecule has 4 heteroatoms. The molecule has 0 bridgehead atoms. The summed E-state index contributed by atoms with van der Waals surface area (Å²) in [5, 5.41) is 2.95. The second kappa shape index (κ2) is 4.77. The van der Waals surface area contributed by atoms with Gasteiger partial charge in [0.1, 0.15) is 15.4 Å². The van der Waals surface area contributed by atoms with E-state index in [1.807, 2.05) is 36.6 Å². The summed E-state index contributed by atoms with van der Waals surface area (Å²) < 4.78 is 6.42. The molecule has 0 unspecified atom stereocenters. The van der Waals surface area contributed by atoms with E-state index in [1.54, 1.807) is 11.3 Å². The number of para-hydroxylation sites is 1. The Morgan fingerprint density at radius 2 is 2.20 bits per heavy atom. The SMILES string of the molecule is CCOc1ccccc1-c1nc(Br)cs1. The molecule has 0 saturated carbocycles. The minimum absolute atomic E-state index is 0.670. The standard InChI is InChI=1S/C11H10BrNOS/c1-2-14-9-6-4-3-5-8(9)11-13-10(12)7-15-11/h3-7H,2H2,1H3. The van der Waals surface area contributed by atoms with Gasteiger partial charge in [0.2, 0.25) is 0 Å². The van der Waals surface area contributed by atoms with Gasteiger partial charge in [-0.25, -0.2) is 4.98 Å². The van der Waals surface area contributed by atoms with Gasteiger partial charge in [-0.3, -0.25) is 0 Å². The molecule has 0 atom stereocenters. The topological polar surface area (TPSA) is 22.1 Å². The van der Waals surface area contributed by atoms with Crippen LogP contribution in [0.15, 0.2) is 34.2 Å². The van der Waals surface area contributed by atoms with Gasteiger partial charge < -0.3 is 4.74 Å². The minimum Gasteiger partial charge on any atom is -0.493 e. The second-order valence-corrected chi connectivity index (χ2v) is 4.58. The van der Waals surface area contributed by atoms with E-state index in [-0.39, 0.29) is 0 Å². The average Bonchev–Trinajstić information content (AvgIpc) is 2.66. The Labute approximate surface area is 101 Å². The normalized spacial score (nSPS) is 10.3. The van der Waals surface area contributed by atoms with Gasteiger partial charge in [0.25, 0.3) is 0 Å². The van der Waals surface area contributed by atoms with Crippen molar-refractivity contribution >= 4 is 27.3 Å². The summed E-state index contributed by atoms with van der Waals surface area (Å²) >= 11 is 4.96. The van der Waals surface area contributed by atoms with E-state index < -0.39 is 0 Å². The van der Waals surface area contributed by atoms with Crippen molar-refractivity contribution < 1.29 is 4.74 Å². The predicted molar refractivity (Wildman–Crippen MR) is 66.4 cm³/mol. The molecule has 0 N–H and O–H groups in total. The van der Waals surface area contributed by atoms with Crippen molar-refractivity contribution in [2.75, 3.05) is 6.61 Å². The van der Waals surface area contributed by atoms with E-state index in [0.29, 0.717) is 6.61 Å². The van der Waals surface area contributed by atoms with Crippen LogP contribution in [0.1, 0.15) is 6.92 Å². The zero-order valence-electron chi connectivity index (χ0n) is 8.24. The number of ether oxygens (including phenoxy) is 1. The molecule has 0 aliphatic rings. The molecule has 2 nitrogen and oxygen atoms in total. The van der Waals surface area contributed by atoms with E-state index in [0.717, 1.165) is 20.9 Å². The van der Waals surface area contributed by atoms with Crippen LogP contribution in [0.25, 0.3) is 10.6 Å². The molecule has 0 spiro atoms. The highest BCUT2D eigenvalue weighted by Crippen LogP contribution is 2.33. The van der Waals surface area contributed by atoms with E-state index in [9.17, 15) is 0 Å². The van der Waals surface area contributed by atoms with Gasteiger partial charge in [0, 0.05) is 5.38 Å². The molecule has 1 aromatic heterocycles. The van der Waals surface area contributed by atoms with Crippen molar-refractivity contribution in [3.63, 3.8) is 0 Å². The summed E-state index contributed by atoms with van der Waals surface area (Å²) in [7, 11) is 0. The van der Waals surface area contributed by atoms with E-state index in [2.05, 4.69) is 20.9 Å². The fourth-order valence-corrected chi connectivity index (χ4v) is 2.59. The van der Waals surface area contributed by atoms with E-state index in [1.165, 1.54) is 0 Å². The molecule has 0 aliphatic heterocycles. The smallest absolute Gasteiger partial charge is 0.129 e. The molecule has 2 rings (SSSR count). The Hall–Kier alpha value is -0.870. The first kappa shape index (κ1) is 10.6. The molecule has 0 fully saturated rings. The maximum absolute atomic E-state index is 5.55. The lowest BCUT2D eigenvalue weighted by Gasteiger charge is -2.06. The van der Waals surface area contributed by atoms with Crippen molar-refractivity contribution in [1.82, 2.24) is 4.98 Å². The van der Waals surface area contributed by atoms with Crippen LogP contribution in [0.2, 0.25) is 0 Å². The Bertz CT molecular complexity index is 455. The zero-order chi connectivity index (χ0) is 10.7. The number of rotatable bonds is 3. The molecule has 78 valence electrons. The number of hydrogen-bond acceptors (Lipinski definition) is 3. The first-order valence-electron chi connectivity index (χ1n) is 4.64. The lowest BCUT2D eigenvalue weighted by molar-refractivity contribution is 0.341. The third-order valence-electron chi connectivity index (χ3n) is 1.89. The zero-order valence-corrected chi connectivity index (χ0v) is 10.6. The fraction of sp³-hybridized carbons (Fsp3) is 0.182. The van der Waals surface area contributed by atoms with Crippen molar-refractivity contribution in [2.45, 2.75) is 6.92 Å². The van der Waals surface area contributed by atoms with Crippen LogP contribution < -0.4 is 4.74 Å². The number of thiazole rings is 1. The third-order valence-corrected chi connectivity index (χ3v) is 3.48. The molecule has 0 radical (unpaired) electrons. The van der Waals surface area contributed by atoms with Crippen LogP contribution in [-0.2, 0) is 0 Å².